The molecular formula is C27H25ClF3N5O. The lowest BCUT2D eigenvalue weighted by atomic mass is 10.1. The number of amides is 1. The minimum atomic E-state index is -2.71. The van der Waals surface area contributed by atoms with Gasteiger partial charge in [-0.15, -0.1) is 0 Å². The van der Waals surface area contributed by atoms with E-state index in [0.717, 1.165) is 0 Å². The summed E-state index contributed by atoms with van der Waals surface area (Å²) in [6, 6.07) is 15.1. The van der Waals surface area contributed by atoms with E-state index in [2.05, 4.69) is 10.1 Å². The van der Waals surface area contributed by atoms with Crippen LogP contribution in [-0.2, 0) is 17.9 Å². The zero-order valence-corrected chi connectivity index (χ0v) is 20.9. The topological polar surface area (TPSA) is 54.3 Å². The largest absolute Gasteiger partial charge is 0.339 e. The Bertz CT molecular complexity index is 1420. The molecule has 0 radical (unpaired) electrons. The minimum Gasteiger partial charge on any atom is -0.339 e. The number of halogens is 4. The smallest absolute Gasteiger partial charge is 0.264 e. The van der Waals surface area contributed by atoms with Gasteiger partial charge in [-0.25, -0.2) is 22.8 Å². The third kappa shape index (κ3) is 5.19. The first kappa shape index (κ1) is 25.2. The maximum absolute atomic E-state index is 14.2. The molecule has 10 heteroatoms. The molecule has 2 aromatic heterocycles. The summed E-state index contributed by atoms with van der Waals surface area (Å²) in [6.07, 6.45) is -2.71. The van der Waals surface area contributed by atoms with E-state index < -0.39 is 6.43 Å². The van der Waals surface area contributed by atoms with Crippen molar-refractivity contribution >= 4 is 28.5 Å². The predicted molar refractivity (Wildman–Crippen MR) is 136 cm³/mol. The second kappa shape index (κ2) is 10.5. The number of carbonyl (C=O) groups excluding carboxylic acids is 1. The van der Waals surface area contributed by atoms with Crippen molar-refractivity contribution in [2.45, 2.75) is 26.4 Å². The molecule has 1 fully saturated rings. The van der Waals surface area contributed by atoms with Gasteiger partial charge in [0.15, 0.2) is 5.65 Å². The van der Waals surface area contributed by atoms with Gasteiger partial charge < -0.3 is 4.90 Å². The van der Waals surface area contributed by atoms with Crippen LogP contribution in [0.3, 0.4) is 0 Å². The number of fused-ring (bicyclic) bond motifs is 1. The van der Waals surface area contributed by atoms with E-state index in [1.165, 1.54) is 16.8 Å². The molecule has 0 atom stereocenters. The van der Waals surface area contributed by atoms with Crippen molar-refractivity contribution in [2.75, 3.05) is 26.2 Å². The fourth-order valence-corrected chi connectivity index (χ4v) is 4.94. The molecule has 0 unspecified atom stereocenters. The number of hydrogen-bond donors (Lipinski definition) is 0. The molecule has 37 heavy (non-hydrogen) atoms. The second-order valence-electron chi connectivity index (χ2n) is 9.06. The van der Waals surface area contributed by atoms with Crippen LogP contribution in [0.15, 0.2) is 54.6 Å². The van der Waals surface area contributed by atoms with Gasteiger partial charge >= 0.3 is 0 Å². The number of piperazine rings is 1. The van der Waals surface area contributed by atoms with Crippen molar-refractivity contribution in [3.05, 3.63) is 82.3 Å². The van der Waals surface area contributed by atoms with Crippen molar-refractivity contribution in [3.8, 4) is 11.3 Å². The monoisotopic (exact) mass is 527 g/mol. The van der Waals surface area contributed by atoms with Crippen LogP contribution in [0.1, 0.15) is 23.2 Å². The number of alkyl halides is 2. The number of rotatable bonds is 6. The Morgan fingerprint density at radius 3 is 2.46 bits per heavy atom. The van der Waals surface area contributed by atoms with E-state index in [9.17, 15) is 18.0 Å². The van der Waals surface area contributed by atoms with Crippen molar-refractivity contribution in [3.63, 3.8) is 0 Å². The van der Waals surface area contributed by atoms with Gasteiger partial charge in [-0.2, -0.15) is 5.10 Å². The molecule has 6 nitrogen and oxygen atoms in total. The highest BCUT2D eigenvalue weighted by Crippen LogP contribution is 2.33. The number of aryl methyl sites for hydroxylation is 1. The molecule has 3 heterocycles. The number of hydrogen-bond acceptors (Lipinski definition) is 4. The Labute approximate surface area is 217 Å². The molecule has 0 spiro atoms. The van der Waals surface area contributed by atoms with E-state index in [1.807, 2.05) is 23.1 Å². The molecule has 4 aromatic rings. The van der Waals surface area contributed by atoms with Crippen LogP contribution in [-0.4, -0.2) is 56.7 Å². The number of benzene rings is 2. The molecule has 1 saturated heterocycles. The Kier molecular flexibility index (Phi) is 7.17. The van der Waals surface area contributed by atoms with Crippen LogP contribution in [0, 0.1) is 12.7 Å². The van der Waals surface area contributed by atoms with Crippen LogP contribution in [0.5, 0.6) is 0 Å². The first-order valence-corrected chi connectivity index (χ1v) is 12.3. The van der Waals surface area contributed by atoms with Crippen LogP contribution in [0.2, 0.25) is 5.02 Å². The zero-order chi connectivity index (χ0) is 26.1. The Hall–Kier alpha value is -3.43. The van der Waals surface area contributed by atoms with E-state index in [0.29, 0.717) is 60.3 Å². The van der Waals surface area contributed by atoms with Gasteiger partial charge in [0.25, 0.3) is 6.43 Å². The van der Waals surface area contributed by atoms with Crippen LogP contribution < -0.4 is 0 Å². The van der Waals surface area contributed by atoms with Gasteiger partial charge in [0.1, 0.15) is 12.4 Å². The summed E-state index contributed by atoms with van der Waals surface area (Å²) in [7, 11) is 0. The molecule has 1 aliphatic rings. The summed E-state index contributed by atoms with van der Waals surface area (Å²) in [5.74, 6) is -0.532. The highest BCUT2D eigenvalue weighted by atomic mass is 35.5. The second-order valence-corrected chi connectivity index (χ2v) is 9.47. The number of pyridine rings is 1. The average Bonchev–Trinajstić information content (AvgIpc) is 3.21. The molecule has 2 aromatic carbocycles. The van der Waals surface area contributed by atoms with E-state index in [4.69, 9.17) is 11.6 Å². The summed E-state index contributed by atoms with van der Waals surface area (Å²) in [5, 5.41) is 5.05. The lowest BCUT2D eigenvalue weighted by Crippen LogP contribution is -2.49. The summed E-state index contributed by atoms with van der Waals surface area (Å²) in [6.45, 7) is 3.91. The van der Waals surface area contributed by atoms with Crippen molar-refractivity contribution in [1.82, 2.24) is 24.6 Å². The van der Waals surface area contributed by atoms with E-state index in [-0.39, 0.29) is 34.9 Å². The third-order valence-electron chi connectivity index (χ3n) is 6.67. The maximum atomic E-state index is 14.2. The molecule has 0 saturated carbocycles. The predicted octanol–water partition coefficient (Wildman–Crippen LogP) is 5.48. The first-order chi connectivity index (χ1) is 17.8. The van der Waals surface area contributed by atoms with Crippen LogP contribution in [0.25, 0.3) is 22.3 Å². The molecule has 5 rings (SSSR count). The Balaban J connectivity index is 1.34. The molecule has 1 aliphatic heterocycles. The quantitative estimate of drug-likeness (QED) is 0.333. The summed E-state index contributed by atoms with van der Waals surface area (Å²) >= 11 is 6.15. The third-order valence-corrected chi connectivity index (χ3v) is 7.02. The van der Waals surface area contributed by atoms with E-state index in [1.54, 1.807) is 36.1 Å². The minimum absolute atomic E-state index is 0.114. The maximum Gasteiger partial charge on any atom is 0.264 e. The summed E-state index contributed by atoms with van der Waals surface area (Å²) in [5.41, 5.74) is 2.05. The van der Waals surface area contributed by atoms with Crippen molar-refractivity contribution in [2.24, 2.45) is 0 Å². The molecule has 0 aliphatic carbocycles. The van der Waals surface area contributed by atoms with Crippen LogP contribution >= 0.6 is 11.6 Å². The molecule has 1 amide bonds. The van der Waals surface area contributed by atoms with Gasteiger partial charge in [0, 0.05) is 54.4 Å². The number of carbonyl (C=O) groups is 1. The Morgan fingerprint density at radius 1 is 1.05 bits per heavy atom. The highest BCUT2D eigenvalue weighted by Gasteiger charge is 2.26. The van der Waals surface area contributed by atoms with Gasteiger partial charge in [0.2, 0.25) is 5.91 Å². The SMILES string of the molecule is Cc1nn(CC(=O)N2CCN(Cc3c(F)cccc3Cl)CC2)c2nc(-c3ccccc3)cc(C(F)F)c12. The van der Waals surface area contributed by atoms with Crippen LogP contribution in [0.4, 0.5) is 13.2 Å². The molecule has 192 valence electrons. The lowest BCUT2D eigenvalue weighted by Gasteiger charge is -2.35. The number of aromatic nitrogens is 3. The molecule has 0 N–H and O–H groups in total. The summed E-state index contributed by atoms with van der Waals surface area (Å²) < 4.78 is 43.6. The summed E-state index contributed by atoms with van der Waals surface area (Å²) in [4.78, 5) is 21.5. The van der Waals surface area contributed by atoms with Gasteiger partial charge in [-0.3, -0.25) is 9.69 Å². The van der Waals surface area contributed by atoms with Gasteiger partial charge in [0.05, 0.1) is 16.8 Å². The fourth-order valence-electron chi connectivity index (χ4n) is 4.72. The van der Waals surface area contributed by atoms with E-state index >= 15 is 0 Å². The lowest BCUT2D eigenvalue weighted by molar-refractivity contribution is -0.133. The van der Waals surface area contributed by atoms with Crippen molar-refractivity contribution < 1.29 is 18.0 Å². The molecular weight excluding hydrogens is 503 g/mol. The normalized spacial score (nSPS) is 14.6. The fraction of sp³-hybridized carbons (Fsp3) is 0.296. The average molecular weight is 528 g/mol. The van der Waals surface area contributed by atoms with Crippen molar-refractivity contribution in [1.29, 1.82) is 0 Å². The van der Waals surface area contributed by atoms with Gasteiger partial charge in [-0.1, -0.05) is 48.0 Å². The number of nitrogens with zero attached hydrogens (tertiary/aromatic N) is 5. The standard InChI is InChI=1S/C27H25ClF3N5O/c1-17-25-19(26(30)31)14-23(18-6-3-2-4-7-18)32-27(25)36(33-17)16-24(37)35-12-10-34(11-13-35)15-20-21(28)8-5-9-22(20)29/h2-9,14,26H,10-13,15-16H2,1H3. The zero-order valence-electron chi connectivity index (χ0n) is 20.2. The first-order valence-electron chi connectivity index (χ1n) is 12.0. The molecule has 0 bridgehead atoms. The highest BCUT2D eigenvalue weighted by molar-refractivity contribution is 6.31. The Morgan fingerprint density at radius 2 is 1.78 bits per heavy atom. The van der Waals surface area contributed by atoms with Gasteiger partial charge in [-0.05, 0) is 25.1 Å².